The maximum absolute atomic E-state index is 12.9. The summed E-state index contributed by atoms with van der Waals surface area (Å²) < 4.78 is 101. The van der Waals surface area contributed by atoms with Gasteiger partial charge in [-0.05, 0) is 6.42 Å². The molecule has 2 N–H and O–H groups in total. The highest BCUT2D eigenvalue weighted by atomic mass is 32.2. The maximum atomic E-state index is 12.9. The Bertz CT molecular complexity index is 790. The largest absolute Gasteiger partial charge is 0.451 e. The molecule has 1 heterocycles. The lowest BCUT2D eigenvalue weighted by Crippen LogP contribution is -2.47. The zero-order chi connectivity index (χ0) is 18.9. The summed E-state index contributed by atoms with van der Waals surface area (Å²) in [6.07, 6.45) is -10.8. The van der Waals surface area contributed by atoms with Gasteiger partial charge in [-0.15, -0.1) is 0 Å². The molecule has 3 fully saturated rings. The highest BCUT2D eigenvalue weighted by molar-refractivity contribution is 7.87. The zero-order valence-corrected chi connectivity index (χ0v) is 13.8. The molecule has 0 aromatic carbocycles. The number of rotatable bonds is 4. The third-order valence-electron chi connectivity index (χ3n) is 4.82. The van der Waals surface area contributed by atoms with E-state index in [0.717, 1.165) is 0 Å². The van der Waals surface area contributed by atoms with Crippen molar-refractivity contribution in [2.45, 2.75) is 36.2 Å². The minimum atomic E-state index is -5.30. The number of hydrogen-bond acceptors (Lipinski definition) is 8. The molecule has 0 spiro atoms. The van der Waals surface area contributed by atoms with Crippen molar-refractivity contribution >= 4 is 26.2 Å². The Morgan fingerprint density at radius 2 is 1.92 bits per heavy atom. The van der Waals surface area contributed by atoms with Crippen molar-refractivity contribution in [3.8, 4) is 0 Å². The number of fused-ring (bicyclic) bond motifs is 1. The summed E-state index contributed by atoms with van der Waals surface area (Å²) in [5.41, 5.74) is 0. The Morgan fingerprint density at radius 1 is 1.32 bits per heavy atom. The molecule has 2 saturated carbocycles. The van der Waals surface area contributed by atoms with E-state index in [1.807, 2.05) is 0 Å². The van der Waals surface area contributed by atoms with Gasteiger partial charge in [-0.25, -0.2) is 0 Å². The van der Waals surface area contributed by atoms with Crippen LogP contribution >= 0.6 is 0 Å². The molecule has 0 amide bonds. The van der Waals surface area contributed by atoms with Crippen LogP contribution in [0.4, 0.5) is 13.2 Å². The van der Waals surface area contributed by atoms with E-state index >= 15 is 0 Å². The number of carbonyl (C=O) groups excluding carboxylic acids is 1. The van der Waals surface area contributed by atoms with Crippen LogP contribution in [0.2, 0.25) is 0 Å². The predicted octanol–water partition coefficient (Wildman–Crippen LogP) is -0.928. The number of aliphatic hydroxyl groups is 1. The molecule has 3 rings (SSSR count). The van der Waals surface area contributed by atoms with Crippen LogP contribution in [0.3, 0.4) is 0 Å². The first-order valence-electron chi connectivity index (χ1n) is 7.05. The summed E-state index contributed by atoms with van der Waals surface area (Å²) in [5, 5.41) is 8.54. The van der Waals surface area contributed by atoms with Crippen LogP contribution in [0.1, 0.15) is 6.42 Å². The summed E-state index contributed by atoms with van der Waals surface area (Å²) in [4.78, 5) is 12.2. The summed E-state index contributed by atoms with van der Waals surface area (Å²) in [6.45, 7) is 0. The van der Waals surface area contributed by atoms with Crippen molar-refractivity contribution in [2.75, 3.05) is 5.75 Å². The van der Waals surface area contributed by atoms with Crippen LogP contribution in [0.25, 0.3) is 0 Å². The van der Waals surface area contributed by atoms with E-state index in [2.05, 4.69) is 4.74 Å². The fourth-order valence-electron chi connectivity index (χ4n) is 3.93. The topological polar surface area (TPSA) is 144 Å². The van der Waals surface area contributed by atoms with E-state index in [1.54, 1.807) is 0 Å². The summed E-state index contributed by atoms with van der Waals surface area (Å²) >= 11 is 0. The smallest absolute Gasteiger partial charge is 0.426 e. The van der Waals surface area contributed by atoms with Gasteiger partial charge in [-0.1, -0.05) is 0 Å². The van der Waals surface area contributed by atoms with Gasteiger partial charge in [0, 0.05) is 11.8 Å². The number of alkyl halides is 3. The Morgan fingerprint density at radius 3 is 2.44 bits per heavy atom. The first-order valence-corrected chi connectivity index (χ1v) is 10.1. The lowest BCUT2D eigenvalue weighted by atomic mass is 9.84. The standard InChI is InChI=1S/C11H13F3O9S2/c12-11(13,14)5(2-24(17,18)19)22-10(16)6-3-1-4-8(7(3)15)23-25(20,21)9(4)6/h3-9,15H,1-2H2,(H,17,18,19). The summed E-state index contributed by atoms with van der Waals surface area (Å²) in [6, 6.07) is 0. The second-order valence-corrected chi connectivity index (χ2v) is 9.53. The van der Waals surface area contributed by atoms with Crippen molar-refractivity contribution in [2.24, 2.45) is 17.8 Å². The Kier molecular flexibility index (Phi) is 4.15. The maximum Gasteiger partial charge on any atom is 0.426 e. The number of halogens is 3. The molecule has 144 valence electrons. The van der Waals surface area contributed by atoms with Gasteiger partial charge in [0.2, 0.25) is 6.10 Å². The van der Waals surface area contributed by atoms with Gasteiger partial charge in [0.25, 0.3) is 20.2 Å². The van der Waals surface area contributed by atoms with E-state index in [9.17, 15) is 39.9 Å². The normalized spacial score (nSPS) is 40.2. The fraction of sp³-hybridized carbons (Fsp3) is 0.909. The van der Waals surface area contributed by atoms with Gasteiger partial charge < -0.3 is 9.84 Å². The predicted molar refractivity (Wildman–Crippen MR) is 71.0 cm³/mol. The molecule has 14 heteroatoms. The molecule has 0 aromatic heterocycles. The van der Waals surface area contributed by atoms with Crippen molar-refractivity contribution in [3.63, 3.8) is 0 Å². The van der Waals surface area contributed by atoms with Crippen molar-refractivity contribution in [3.05, 3.63) is 0 Å². The second kappa shape index (κ2) is 5.52. The van der Waals surface area contributed by atoms with Crippen LogP contribution in [-0.4, -0.2) is 68.0 Å². The molecular weight excluding hydrogens is 397 g/mol. The lowest BCUT2D eigenvalue weighted by molar-refractivity contribution is -0.218. The second-order valence-electron chi connectivity index (χ2n) is 6.31. The Labute approximate surface area is 140 Å². The van der Waals surface area contributed by atoms with Crippen LogP contribution in [0.5, 0.6) is 0 Å². The van der Waals surface area contributed by atoms with Crippen molar-refractivity contribution < 1.29 is 53.4 Å². The van der Waals surface area contributed by atoms with Gasteiger partial charge in [0.1, 0.15) is 17.1 Å². The van der Waals surface area contributed by atoms with Gasteiger partial charge >= 0.3 is 12.1 Å². The van der Waals surface area contributed by atoms with Gasteiger partial charge in [0.15, 0.2) is 0 Å². The lowest BCUT2D eigenvalue weighted by Gasteiger charge is -2.29. The minimum absolute atomic E-state index is 0.0600. The molecule has 1 aliphatic heterocycles. The van der Waals surface area contributed by atoms with E-state index in [0.29, 0.717) is 0 Å². The van der Waals surface area contributed by atoms with E-state index < -0.39 is 79.5 Å². The fourth-order valence-corrected chi connectivity index (χ4v) is 6.63. The number of carbonyl (C=O) groups is 1. The van der Waals surface area contributed by atoms with Crippen LogP contribution in [0, 0.1) is 17.8 Å². The first kappa shape index (κ1) is 18.8. The third kappa shape index (κ3) is 3.13. The van der Waals surface area contributed by atoms with E-state index in [4.69, 9.17) is 8.74 Å². The number of aliphatic hydroxyl groups excluding tert-OH is 1. The molecule has 2 bridgehead atoms. The summed E-state index contributed by atoms with van der Waals surface area (Å²) in [5.74, 6) is -6.83. The molecule has 0 aromatic rings. The van der Waals surface area contributed by atoms with Gasteiger partial charge in [-0.2, -0.15) is 30.0 Å². The zero-order valence-electron chi connectivity index (χ0n) is 12.2. The van der Waals surface area contributed by atoms with Crippen LogP contribution in [-0.2, 0) is 34.0 Å². The molecule has 7 atom stereocenters. The molecule has 2 aliphatic carbocycles. The SMILES string of the molecule is O=C(OC(CS(=O)(=O)O)C(F)(F)F)C1C2CC3C(OS(=O)(=O)C31)C2O. The van der Waals surface area contributed by atoms with E-state index in [-0.39, 0.29) is 6.42 Å². The molecule has 3 aliphatic rings. The first-order chi connectivity index (χ1) is 11.2. The highest BCUT2D eigenvalue weighted by Gasteiger charge is 2.71. The molecular formula is C11H13F3O9S2. The number of ether oxygens (including phenoxy) is 1. The van der Waals surface area contributed by atoms with Gasteiger partial charge in [-0.3, -0.25) is 13.5 Å². The molecule has 9 nitrogen and oxygen atoms in total. The third-order valence-corrected chi connectivity index (χ3v) is 7.34. The highest BCUT2D eigenvalue weighted by Crippen LogP contribution is 2.57. The molecule has 1 saturated heterocycles. The Balaban J connectivity index is 1.85. The Hall–Kier alpha value is -0.960. The van der Waals surface area contributed by atoms with Crippen LogP contribution in [0.15, 0.2) is 0 Å². The quantitative estimate of drug-likeness (QED) is 0.341. The van der Waals surface area contributed by atoms with Crippen molar-refractivity contribution in [1.29, 1.82) is 0 Å². The van der Waals surface area contributed by atoms with Gasteiger partial charge in [0.05, 0.1) is 12.0 Å². The molecule has 0 radical (unpaired) electrons. The minimum Gasteiger partial charge on any atom is -0.451 e. The average molecular weight is 410 g/mol. The number of esters is 1. The van der Waals surface area contributed by atoms with E-state index in [1.165, 1.54) is 0 Å². The molecule has 7 unspecified atom stereocenters. The summed E-state index contributed by atoms with van der Waals surface area (Å²) in [7, 11) is -9.39. The molecule has 25 heavy (non-hydrogen) atoms. The van der Waals surface area contributed by atoms with Crippen LogP contribution < -0.4 is 0 Å². The number of hydrogen-bond donors (Lipinski definition) is 2. The van der Waals surface area contributed by atoms with Crippen molar-refractivity contribution in [1.82, 2.24) is 0 Å². The monoisotopic (exact) mass is 410 g/mol. The average Bonchev–Trinajstić information content (AvgIpc) is 2.98.